The van der Waals surface area contributed by atoms with Gasteiger partial charge in [-0.2, -0.15) is 0 Å². The van der Waals surface area contributed by atoms with Crippen molar-refractivity contribution in [3.63, 3.8) is 0 Å². The zero-order valence-electron chi connectivity index (χ0n) is 72.0. The molecule has 8 aliphatic rings. The van der Waals surface area contributed by atoms with E-state index in [9.17, 15) is 94.2 Å². The maximum Gasteiger partial charge on any atom is 0.330 e. The van der Waals surface area contributed by atoms with E-state index in [2.05, 4.69) is 46.8 Å². The van der Waals surface area contributed by atoms with Crippen molar-refractivity contribution in [2.75, 3.05) is 13.7 Å². The minimum atomic E-state index is -5.68. The van der Waals surface area contributed by atoms with Crippen LogP contribution < -0.4 is 87.8 Å². The number of carbonyl (C=O) groups excluding carboxylic acids is 7. The van der Waals surface area contributed by atoms with E-state index in [0.29, 0.717) is 5.02 Å². The van der Waals surface area contributed by atoms with Crippen molar-refractivity contribution in [3.8, 4) is 68.2 Å². The molecule has 8 aliphatic heterocycles. The number of nitrogens with one attached hydrogen (secondary N) is 8. The highest BCUT2D eigenvalue weighted by molar-refractivity contribution is 7.57. The van der Waals surface area contributed by atoms with Crippen LogP contribution in [-0.4, -0.2) is 215 Å². The Kier molecular flexibility index (Phi) is 32.6. The Morgan fingerprint density at radius 2 is 1.23 bits per heavy atom. The van der Waals surface area contributed by atoms with Gasteiger partial charge in [0, 0.05) is 52.2 Å². The standard InChI is InChI=1S/C86H97Cl3N10O26.H4O7P2/c1-34(2)22-51(92-7)77(110)98-67-70(106)42-15-20-55(49(88)24-42)120-57-26-44-27-58(74(57)125-85-75(72(108)71(107)59(33-100)122-85)123-61-31-86(6,76(109)37(5)118-61)93-32-38-8-10-39(11-9-38)40-12-17-45(87)18-13-40)121-56-21-16-43(25-50(56)89)73(124-84-63(91)35(3)69(105)36(4)119-84)68-82(115)97-66(83(116)117)48-28-46(101)29-54(103)62(48)47-23-41(14-19-53(47)102)64(79(112)99-68)96-80(113)65(44)95-78(111)52(30-60(90)104)94-81(67)114;1-8(2,3)7-9(4,5)6/h8-21,23-29,34-37,51-52,59,61,63-73,75-76,84-85,92-93,100-103,105-109H,22,30-33,91H2,1-7H3,(H2,90,104)(H,94,114)(H,95,111)(H,96,113)(H,97,115)(H,98,110)(H,99,112)(H,116,117);(H2,1,2,3)(H2,4,5,6)/p-4/t35?,36-,37-,51+,52-,59+,61-,63+,64+,65+,66-,67+,68-,69+,70+,71+,72-,73+,75+,76-,84-,85-,86-;/m0./s1. The number of rotatable bonds is 21. The van der Waals surface area contributed by atoms with Crippen LogP contribution in [0.4, 0.5) is 0 Å². The first kappa shape index (κ1) is 103. The molecule has 23 atom stereocenters. The number of halogens is 3. The van der Waals surface area contributed by atoms with Crippen LogP contribution in [0.15, 0.2) is 127 Å². The first-order valence-corrected chi connectivity index (χ1v) is 45.7. The van der Waals surface area contributed by atoms with Gasteiger partial charge in [0.15, 0.2) is 36.2 Å². The monoisotopic (exact) mass is 1960 g/mol. The van der Waals surface area contributed by atoms with E-state index >= 15 is 24.0 Å². The number of carboxylic acid groups (broad SMARTS) is 1. The number of phenols is 3. The number of phosphoric acid groups is 2. The molecule has 0 saturated carbocycles. The third-order valence-electron chi connectivity index (χ3n) is 23.3. The molecule has 3 fully saturated rings. The maximum absolute atomic E-state index is 16.6. The fourth-order valence-corrected chi connectivity index (χ4v) is 17.8. The van der Waals surface area contributed by atoms with Crippen molar-refractivity contribution in [2.24, 2.45) is 23.3 Å². The number of likely N-dealkylation sites (N-methyl/N-ethyl adjacent to an activating group) is 1. The van der Waals surface area contributed by atoms with E-state index in [1.807, 2.05) is 50.2 Å². The molecule has 22 N–H and O–H groups in total. The highest BCUT2D eigenvalue weighted by Crippen LogP contribution is 2.51. The number of aliphatic hydroxyl groups is 6. The first-order valence-electron chi connectivity index (χ1n) is 41.6. The number of primary amides is 1. The highest BCUT2D eigenvalue weighted by Gasteiger charge is 2.53. The number of fused-ring (bicyclic) bond motifs is 15. The number of nitrogens with two attached hydrogens (primary N) is 2. The first-order chi connectivity index (χ1) is 63.0. The van der Waals surface area contributed by atoms with E-state index in [-0.39, 0.29) is 52.8 Å². The van der Waals surface area contributed by atoms with E-state index in [1.165, 1.54) is 44.3 Å². The van der Waals surface area contributed by atoms with Crippen molar-refractivity contribution in [2.45, 2.75) is 201 Å². The molecule has 7 aromatic carbocycles. The maximum atomic E-state index is 16.6. The third kappa shape index (κ3) is 24.0. The van der Waals surface area contributed by atoms with Gasteiger partial charge in [0.25, 0.3) is 0 Å². The predicted molar refractivity (Wildman–Crippen MR) is 461 cm³/mol. The second-order valence-electron chi connectivity index (χ2n) is 33.4. The molecule has 7 aromatic rings. The lowest BCUT2D eigenvalue weighted by molar-refractivity contribution is -0.364. The number of aliphatic hydroxyl groups excluding tert-OH is 6. The fourth-order valence-electron chi connectivity index (χ4n) is 16.2. The van der Waals surface area contributed by atoms with Crippen LogP contribution in [-0.2, 0) is 82.0 Å². The molecule has 48 heteroatoms. The number of carbonyl (C=O) groups is 8. The van der Waals surface area contributed by atoms with Crippen molar-refractivity contribution in [1.29, 1.82) is 0 Å². The van der Waals surface area contributed by atoms with Crippen LogP contribution in [0.3, 0.4) is 0 Å². The number of hydrogen-bond donors (Lipinski definition) is 20. The average molecular weight is 1970 g/mol. The molecular formula is C86H97Cl3N10O33P2-4. The number of ether oxygens (including phenoxy) is 8. The summed E-state index contributed by atoms with van der Waals surface area (Å²) in [4.78, 5) is 158. The molecular weight excluding hydrogens is 1870 g/mol. The number of carboxylic acids is 1. The van der Waals surface area contributed by atoms with Crippen LogP contribution in [0.2, 0.25) is 15.1 Å². The molecule has 15 rings (SSSR count). The zero-order chi connectivity index (χ0) is 97.9. The summed E-state index contributed by atoms with van der Waals surface area (Å²) in [7, 11) is -9.88. The van der Waals surface area contributed by atoms with Gasteiger partial charge in [0.1, 0.15) is 89.5 Å². The summed E-state index contributed by atoms with van der Waals surface area (Å²) in [6.07, 6.45) is -22.6. The van der Waals surface area contributed by atoms with E-state index < -0.39 is 283 Å². The summed E-state index contributed by atoms with van der Waals surface area (Å²) in [5.41, 5.74) is 11.2. The van der Waals surface area contributed by atoms with Crippen molar-refractivity contribution in [3.05, 3.63) is 176 Å². The highest BCUT2D eigenvalue weighted by atomic mass is 35.5. The Bertz CT molecular complexity index is 5630. The topological polar surface area (TPSA) is 697 Å². The molecule has 134 heavy (non-hydrogen) atoms. The molecule has 0 spiro atoms. The van der Waals surface area contributed by atoms with Gasteiger partial charge in [-0.1, -0.05) is 110 Å². The summed E-state index contributed by atoms with van der Waals surface area (Å²) >= 11 is 20.8. The fraction of sp³-hybridized carbons (Fsp3) is 0.419. The van der Waals surface area contributed by atoms with Crippen molar-refractivity contribution < 1.29 is 160 Å². The molecule has 11 bridgehead atoms. The molecule has 1 unspecified atom stereocenters. The van der Waals surface area contributed by atoms with Gasteiger partial charge in [-0.05, 0) is 146 Å². The number of amides is 7. The van der Waals surface area contributed by atoms with E-state index in [4.69, 9.17) is 84.2 Å². The minimum absolute atomic E-state index is 0.119. The van der Waals surface area contributed by atoms with E-state index in [1.54, 1.807) is 32.9 Å². The molecule has 43 nitrogen and oxygen atoms in total. The van der Waals surface area contributed by atoms with Crippen molar-refractivity contribution in [1.82, 2.24) is 42.5 Å². The summed E-state index contributed by atoms with van der Waals surface area (Å²) in [6, 6.07) is 13.2. The van der Waals surface area contributed by atoms with Crippen LogP contribution in [0, 0.1) is 11.8 Å². The number of benzene rings is 7. The molecule has 724 valence electrons. The van der Waals surface area contributed by atoms with Gasteiger partial charge < -0.3 is 176 Å². The molecule has 0 aromatic heterocycles. The molecule has 0 radical (unpaired) electrons. The number of aromatic hydroxyl groups is 3. The van der Waals surface area contributed by atoms with Gasteiger partial charge in [-0.15, -0.1) is 0 Å². The summed E-state index contributed by atoms with van der Waals surface area (Å²) in [6.45, 7) is 9.18. The Balaban J connectivity index is 0.00000170. The average Bonchev–Trinajstić information content (AvgIpc) is 0.760. The largest absolute Gasteiger partial charge is 0.790 e. The third-order valence-corrected chi connectivity index (χ3v) is 25.7. The quantitative estimate of drug-likeness (QED) is 0.0446. The number of hydrogen-bond acceptors (Lipinski definition) is 35. The van der Waals surface area contributed by atoms with E-state index in [0.717, 1.165) is 65.2 Å². The Hall–Kier alpha value is -10.3. The zero-order valence-corrected chi connectivity index (χ0v) is 76.0. The molecule has 3 saturated heterocycles. The molecule has 8 heterocycles. The van der Waals surface area contributed by atoms with Gasteiger partial charge in [0.05, 0.1) is 75.2 Å². The Morgan fingerprint density at radius 1 is 0.642 bits per heavy atom. The predicted octanol–water partition coefficient (Wildman–Crippen LogP) is 1.01. The lowest BCUT2D eigenvalue weighted by atomic mass is 9.84. The van der Waals surface area contributed by atoms with Crippen molar-refractivity contribution >= 4 is 97.8 Å². The van der Waals surface area contributed by atoms with Gasteiger partial charge in [-0.25, -0.2) is 4.79 Å². The second kappa shape index (κ2) is 42.5. The normalized spacial score (nSPS) is 28.7. The second-order valence-corrected chi connectivity index (χ2v) is 37.1. The molecule has 7 amide bonds. The molecule has 0 aliphatic carbocycles. The number of aliphatic carboxylic acids is 1. The van der Waals surface area contributed by atoms with Crippen LogP contribution in [0.1, 0.15) is 125 Å². The van der Waals surface area contributed by atoms with Gasteiger partial charge >= 0.3 is 5.97 Å². The minimum Gasteiger partial charge on any atom is -0.790 e. The summed E-state index contributed by atoms with van der Waals surface area (Å²) < 4.78 is 74.1. The van der Waals surface area contributed by atoms with Crippen LogP contribution in [0.5, 0.6) is 46.0 Å². The lowest BCUT2D eigenvalue weighted by Crippen LogP contribution is -2.65. The lowest BCUT2D eigenvalue weighted by Gasteiger charge is -2.48. The summed E-state index contributed by atoms with van der Waals surface area (Å²) in [5.74, 6) is -17.0. The van der Waals surface area contributed by atoms with Crippen LogP contribution >= 0.6 is 50.4 Å². The summed E-state index contributed by atoms with van der Waals surface area (Å²) in [5, 5.41) is 138. The number of phenolic OH excluding ortho intramolecular Hbond substituents is 3. The smallest absolute Gasteiger partial charge is 0.330 e. The van der Waals surface area contributed by atoms with Gasteiger partial charge in [0.2, 0.25) is 53.4 Å². The Labute approximate surface area is 778 Å². The Morgan fingerprint density at radius 3 is 1.81 bits per heavy atom. The SMILES string of the molecule is CN[C@H](CC(C)C)C(=O)N[C@H]1C(=O)N[C@@H](CC(N)=O)C(=O)N[C@H]2C(=O)N[C@H]3C(=O)N[C@H](C(=O)N[C@H](C(=O)O)c4cc(O)cc(O)c4-c4cc3ccc4O)[C@H](O[C@@H]3O[C@@H](C)[C@H](O)C(C)[C@H]3N)c3ccc(c(Cl)c3)Oc3cc2cc(c3O[C@@H]2O[C@H](CO)[C@@H](O)[C@H](O)[C@H]2O[C@H]2C[C@](C)(NCc3ccc(-c4ccc(Cl)cc4)cc3)[C@@H](O)[C@H](C)O2)Oc2ccc(cc2Cl)[C@H]1O.O=P([O-])([O-])OP(=O)([O-])[O-]. The van der Waals surface area contributed by atoms with Gasteiger partial charge in [-0.3, -0.25) is 33.6 Å². The van der Waals surface area contributed by atoms with Crippen LogP contribution in [0.25, 0.3) is 22.3 Å².